The molecule has 0 saturated heterocycles. The molecule has 214 valence electrons. The minimum atomic E-state index is -4.32. The van der Waals surface area contributed by atoms with Gasteiger partial charge in [0.25, 0.3) is 10.0 Å². The van der Waals surface area contributed by atoms with Crippen LogP contribution in [0.4, 0.5) is 11.4 Å². The van der Waals surface area contributed by atoms with E-state index in [1.807, 2.05) is 42.5 Å². The molecule has 0 aliphatic carbocycles. The van der Waals surface area contributed by atoms with Gasteiger partial charge in [-0.2, -0.15) is 0 Å². The first-order chi connectivity index (χ1) is 19.8. The fourth-order valence-electron chi connectivity index (χ4n) is 3.99. The van der Waals surface area contributed by atoms with Crippen molar-refractivity contribution in [2.45, 2.75) is 14.7 Å². The van der Waals surface area contributed by atoms with E-state index in [4.69, 9.17) is 18.9 Å². The summed E-state index contributed by atoms with van der Waals surface area (Å²) in [6.07, 6.45) is 0. The van der Waals surface area contributed by atoms with Gasteiger partial charge in [0.2, 0.25) is 5.91 Å². The largest absolute Gasteiger partial charge is 0.497 e. The number of carbonyl (C=O) groups is 1. The molecule has 0 aliphatic heterocycles. The Bertz CT molecular complexity index is 1610. The molecule has 1 amide bonds. The number of anilines is 2. The minimum absolute atomic E-state index is 0.104. The predicted molar refractivity (Wildman–Crippen MR) is 159 cm³/mol. The summed E-state index contributed by atoms with van der Waals surface area (Å²) in [6, 6.07) is 26.0. The summed E-state index contributed by atoms with van der Waals surface area (Å²) in [6.45, 7) is -0.551. The second kappa shape index (κ2) is 13.3. The Morgan fingerprint density at radius 2 is 1.41 bits per heavy atom. The molecule has 0 bridgehead atoms. The molecule has 4 aromatic carbocycles. The second-order valence-corrected chi connectivity index (χ2v) is 11.5. The highest BCUT2D eigenvalue weighted by molar-refractivity contribution is 7.99. The van der Waals surface area contributed by atoms with Gasteiger partial charge in [-0.3, -0.25) is 9.10 Å². The summed E-state index contributed by atoms with van der Waals surface area (Å²) < 4.78 is 50.6. The van der Waals surface area contributed by atoms with Gasteiger partial charge in [0, 0.05) is 21.9 Å². The van der Waals surface area contributed by atoms with E-state index in [1.165, 1.54) is 64.5 Å². The van der Waals surface area contributed by atoms with Gasteiger partial charge in [0.05, 0.1) is 44.7 Å². The number of methoxy groups -OCH3 is 4. The molecule has 0 aromatic heterocycles. The zero-order chi connectivity index (χ0) is 29.4. The number of rotatable bonds is 12. The predicted octanol–water partition coefficient (Wildman–Crippen LogP) is 5.71. The van der Waals surface area contributed by atoms with Crippen molar-refractivity contribution in [1.82, 2.24) is 0 Å². The molecule has 0 radical (unpaired) electrons. The highest BCUT2D eigenvalue weighted by Crippen LogP contribution is 2.38. The van der Waals surface area contributed by atoms with Crippen LogP contribution in [-0.2, 0) is 14.8 Å². The van der Waals surface area contributed by atoms with E-state index in [0.717, 1.165) is 14.1 Å². The third-order valence-corrected chi connectivity index (χ3v) is 8.86. The number of ether oxygens (including phenoxy) is 4. The molecule has 0 atom stereocenters. The van der Waals surface area contributed by atoms with E-state index >= 15 is 0 Å². The van der Waals surface area contributed by atoms with Gasteiger partial charge in [0.1, 0.15) is 18.0 Å². The van der Waals surface area contributed by atoms with Crippen LogP contribution >= 0.6 is 11.8 Å². The van der Waals surface area contributed by atoms with E-state index in [2.05, 4.69) is 5.32 Å². The quantitative estimate of drug-likeness (QED) is 0.223. The van der Waals surface area contributed by atoms with E-state index in [0.29, 0.717) is 17.2 Å². The summed E-state index contributed by atoms with van der Waals surface area (Å²) in [5.41, 5.74) is 0.677. The number of carbonyl (C=O) groups excluding carboxylic acids is 1. The van der Waals surface area contributed by atoms with E-state index < -0.39 is 22.5 Å². The van der Waals surface area contributed by atoms with Gasteiger partial charge < -0.3 is 24.3 Å². The maximum atomic E-state index is 14.1. The van der Waals surface area contributed by atoms with Crippen LogP contribution in [0.25, 0.3) is 0 Å². The van der Waals surface area contributed by atoms with Crippen molar-refractivity contribution in [3.8, 4) is 23.0 Å². The maximum absolute atomic E-state index is 14.1. The van der Waals surface area contributed by atoms with E-state index in [1.54, 1.807) is 24.3 Å². The molecule has 0 fully saturated rings. The Labute approximate surface area is 244 Å². The van der Waals surface area contributed by atoms with Crippen LogP contribution in [0, 0.1) is 0 Å². The first kappa shape index (κ1) is 29.6. The third-order valence-electron chi connectivity index (χ3n) is 6.02. The second-order valence-electron chi connectivity index (χ2n) is 8.53. The van der Waals surface area contributed by atoms with E-state index in [-0.39, 0.29) is 22.1 Å². The minimum Gasteiger partial charge on any atom is -0.497 e. The van der Waals surface area contributed by atoms with Crippen molar-refractivity contribution in [3.63, 3.8) is 0 Å². The van der Waals surface area contributed by atoms with Crippen molar-refractivity contribution in [3.05, 3.63) is 91.0 Å². The van der Waals surface area contributed by atoms with Crippen molar-refractivity contribution in [1.29, 1.82) is 0 Å². The number of nitrogens with one attached hydrogen (secondary N) is 1. The molecule has 0 aliphatic rings. The molecule has 0 heterocycles. The number of hydrogen-bond acceptors (Lipinski definition) is 8. The number of benzene rings is 4. The number of nitrogens with zero attached hydrogens (tertiary/aromatic N) is 1. The van der Waals surface area contributed by atoms with Crippen LogP contribution in [0.15, 0.2) is 106 Å². The van der Waals surface area contributed by atoms with Crippen LogP contribution in [0.5, 0.6) is 23.0 Å². The molecule has 1 N–H and O–H groups in total. The fraction of sp³-hybridized carbons (Fsp3) is 0.167. The summed E-state index contributed by atoms with van der Waals surface area (Å²) in [4.78, 5) is 15.2. The fourth-order valence-corrected chi connectivity index (χ4v) is 6.35. The molecule has 41 heavy (non-hydrogen) atoms. The smallest absolute Gasteiger partial charge is 0.265 e. The molecule has 0 spiro atoms. The van der Waals surface area contributed by atoms with Crippen molar-refractivity contribution in [2.75, 3.05) is 44.6 Å². The van der Waals surface area contributed by atoms with Crippen molar-refractivity contribution < 1.29 is 32.2 Å². The Balaban J connectivity index is 1.73. The summed E-state index contributed by atoms with van der Waals surface area (Å²) in [7, 11) is 1.43. The lowest BCUT2D eigenvalue weighted by atomic mass is 10.2. The van der Waals surface area contributed by atoms with Gasteiger partial charge in [-0.1, -0.05) is 42.1 Å². The monoisotopic (exact) mass is 594 g/mol. The Morgan fingerprint density at radius 1 is 0.756 bits per heavy atom. The van der Waals surface area contributed by atoms with E-state index in [9.17, 15) is 13.2 Å². The lowest BCUT2D eigenvalue weighted by Gasteiger charge is -2.26. The molecule has 9 nitrogen and oxygen atoms in total. The average Bonchev–Trinajstić information content (AvgIpc) is 3.00. The lowest BCUT2D eigenvalue weighted by Crippen LogP contribution is -2.38. The molecule has 4 aromatic rings. The van der Waals surface area contributed by atoms with Crippen LogP contribution in [-0.4, -0.2) is 49.3 Å². The first-order valence-corrected chi connectivity index (χ1v) is 14.6. The van der Waals surface area contributed by atoms with Crippen LogP contribution in [0.3, 0.4) is 0 Å². The van der Waals surface area contributed by atoms with Gasteiger partial charge in [-0.15, -0.1) is 0 Å². The van der Waals surface area contributed by atoms with Gasteiger partial charge in [0.15, 0.2) is 11.5 Å². The average molecular weight is 595 g/mol. The SMILES string of the molecule is COc1ccc(OC)c(N(CC(=O)Nc2ccccc2Sc2ccccc2)S(=O)(=O)c2ccc(OC)c(OC)c2)c1. The van der Waals surface area contributed by atoms with Gasteiger partial charge in [-0.25, -0.2) is 8.42 Å². The van der Waals surface area contributed by atoms with Crippen molar-refractivity contribution >= 4 is 39.1 Å². The third kappa shape index (κ3) is 6.87. The van der Waals surface area contributed by atoms with Crippen LogP contribution < -0.4 is 28.6 Å². The summed E-state index contributed by atoms with van der Waals surface area (Å²) in [5, 5.41) is 2.88. The topological polar surface area (TPSA) is 103 Å². The molecular formula is C30H30N2O7S2. The first-order valence-electron chi connectivity index (χ1n) is 12.4. The Morgan fingerprint density at radius 3 is 2.10 bits per heavy atom. The summed E-state index contributed by atoms with van der Waals surface area (Å²) >= 11 is 1.48. The van der Waals surface area contributed by atoms with Crippen LogP contribution in [0.1, 0.15) is 0 Å². The molecule has 0 unspecified atom stereocenters. The number of amides is 1. The van der Waals surface area contributed by atoms with Crippen LogP contribution in [0.2, 0.25) is 0 Å². The molecule has 4 rings (SSSR count). The van der Waals surface area contributed by atoms with Crippen molar-refractivity contribution in [2.24, 2.45) is 0 Å². The zero-order valence-electron chi connectivity index (χ0n) is 23.0. The zero-order valence-corrected chi connectivity index (χ0v) is 24.6. The normalized spacial score (nSPS) is 10.9. The number of sulfonamides is 1. The Kier molecular flexibility index (Phi) is 9.64. The maximum Gasteiger partial charge on any atom is 0.265 e. The lowest BCUT2D eigenvalue weighted by molar-refractivity contribution is -0.114. The number of para-hydroxylation sites is 1. The Hall–Kier alpha value is -4.35. The highest BCUT2D eigenvalue weighted by atomic mass is 32.2. The highest BCUT2D eigenvalue weighted by Gasteiger charge is 2.31. The summed E-state index contributed by atoms with van der Waals surface area (Å²) in [5.74, 6) is 0.658. The molecule has 0 saturated carbocycles. The molecule has 11 heteroatoms. The standard InChI is InChI=1S/C30H30N2O7S2/c1-36-21-14-16-26(37-2)25(18-21)32(41(34,35)23-15-17-27(38-3)28(19-23)39-4)20-30(33)31-24-12-8-9-13-29(24)40-22-10-6-5-7-11-22/h5-19H,20H2,1-4H3,(H,31,33). The van der Waals surface area contributed by atoms with Gasteiger partial charge in [-0.05, 0) is 48.5 Å². The molecular weight excluding hydrogens is 564 g/mol. The van der Waals surface area contributed by atoms with Gasteiger partial charge >= 0.3 is 0 Å². The number of hydrogen-bond donors (Lipinski definition) is 1.